The maximum absolute atomic E-state index is 12.0. The van der Waals surface area contributed by atoms with Crippen LogP contribution in [0.2, 0.25) is 0 Å². The molecule has 10 fully saturated rings. The maximum atomic E-state index is 12.0. The fourth-order valence-electron chi connectivity index (χ4n) is 20.1. The lowest BCUT2D eigenvalue weighted by molar-refractivity contribution is -0.185. The molecule has 7 saturated carbocycles. The van der Waals surface area contributed by atoms with Crippen LogP contribution in [0.25, 0.3) is 0 Å². The van der Waals surface area contributed by atoms with E-state index in [4.69, 9.17) is 24.1 Å². The molecule has 0 amide bonds. The van der Waals surface area contributed by atoms with Crippen LogP contribution in [0.5, 0.6) is 0 Å². The first-order valence-electron chi connectivity index (χ1n) is 51.0. The molecule has 728 valence electrons. The normalized spacial score (nSPS) is 23.9. The third-order valence-corrected chi connectivity index (χ3v) is 24.6. The summed E-state index contributed by atoms with van der Waals surface area (Å²) in [5.41, 5.74) is 1.26. The molecule has 3 N–H and O–H groups in total. The Bertz CT molecular complexity index is 2160. The van der Waals surface area contributed by atoms with E-state index in [2.05, 4.69) is 215 Å². The predicted octanol–water partition coefficient (Wildman–Crippen LogP) is 34.1. The zero-order valence-corrected chi connectivity index (χ0v) is 88.4. The van der Waals surface area contributed by atoms with E-state index in [-0.39, 0.29) is 42.3 Å². The summed E-state index contributed by atoms with van der Waals surface area (Å²) >= 11 is 0. The molecule has 0 unspecified atom stereocenters. The van der Waals surface area contributed by atoms with Crippen LogP contribution in [0.15, 0.2) is 0 Å². The van der Waals surface area contributed by atoms with E-state index in [0.717, 1.165) is 178 Å². The van der Waals surface area contributed by atoms with E-state index in [1.54, 1.807) is 40.5 Å². The summed E-state index contributed by atoms with van der Waals surface area (Å²) in [5, 5.41) is 28.5. The topological polar surface area (TPSA) is 97.6 Å². The van der Waals surface area contributed by atoms with Gasteiger partial charge in [-0.1, -0.05) is 307 Å². The van der Waals surface area contributed by atoms with Gasteiger partial charge in [-0.3, -0.25) is 0 Å². The van der Waals surface area contributed by atoms with Crippen molar-refractivity contribution >= 4 is 0 Å². The van der Waals surface area contributed by atoms with E-state index in [0.29, 0.717) is 47.9 Å². The van der Waals surface area contributed by atoms with Gasteiger partial charge >= 0.3 is 0 Å². The van der Waals surface area contributed by atoms with Gasteiger partial charge in [-0.15, -0.1) is 0 Å². The van der Waals surface area contributed by atoms with Crippen molar-refractivity contribution in [1.29, 1.82) is 0 Å². The smallest absolute Gasteiger partial charge is 0.245 e. The van der Waals surface area contributed by atoms with Crippen LogP contribution in [-0.2, 0) is 18.9 Å². The van der Waals surface area contributed by atoms with Crippen molar-refractivity contribution in [2.45, 2.75) is 499 Å². The number of rotatable bonds is 26. The van der Waals surface area contributed by atoms with Crippen molar-refractivity contribution in [1.82, 2.24) is 0 Å². The second-order valence-electron chi connectivity index (χ2n) is 49.0. The summed E-state index contributed by atoms with van der Waals surface area (Å²) in [6, 6.07) is 0. The highest BCUT2D eigenvalue weighted by atomic mass is 19.3. The van der Waals surface area contributed by atoms with Crippen molar-refractivity contribution in [2.75, 3.05) is 52.9 Å². The molecular formula is C109H222F4O7. The van der Waals surface area contributed by atoms with Crippen LogP contribution in [0.3, 0.4) is 0 Å². The summed E-state index contributed by atoms with van der Waals surface area (Å²) in [6.07, 6.45) is 38.2. The summed E-state index contributed by atoms with van der Waals surface area (Å²) in [4.78, 5) is 0. The molecular weight excluding hydrogens is 1500 g/mol. The Kier molecular flexibility index (Phi) is 69.9. The highest BCUT2D eigenvalue weighted by molar-refractivity contribution is 5.02. The Balaban J connectivity index is -0.000000606. The monoisotopic (exact) mass is 1720 g/mol. The predicted molar refractivity (Wildman–Crippen MR) is 521 cm³/mol. The van der Waals surface area contributed by atoms with Crippen molar-refractivity contribution in [3.8, 4) is 0 Å². The molecule has 3 heterocycles. The molecule has 0 atom stereocenters. The maximum Gasteiger partial charge on any atom is 0.245 e. The first-order chi connectivity index (χ1) is 55.0. The number of aliphatic hydroxyl groups is 3. The summed E-state index contributed by atoms with van der Waals surface area (Å²) in [5.74, 6) is 16.2. The Morgan fingerprint density at radius 1 is 0.392 bits per heavy atom. The summed E-state index contributed by atoms with van der Waals surface area (Å²) in [7, 11) is 0. The largest absolute Gasteiger partial charge is 0.396 e. The Morgan fingerprint density at radius 3 is 0.933 bits per heavy atom. The molecule has 11 heteroatoms. The zero-order valence-electron chi connectivity index (χ0n) is 88.4. The number of alkyl halides is 4. The second-order valence-corrected chi connectivity index (χ2v) is 49.0. The quantitative estimate of drug-likeness (QED) is 0.0743. The van der Waals surface area contributed by atoms with E-state index < -0.39 is 17.9 Å². The average molecular weight is 1720 g/mol. The fourth-order valence-corrected chi connectivity index (χ4v) is 20.1. The van der Waals surface area contributed by atoms with Gasteiger partial charge in [-0.25, -0.2) is 17.6 Å². The zero-order chi connectivity index (χ0) is 93.8. The van der Waals surface area contributed by atoms with Crippen LogP contribution >= 0.6 is 0 Å². The van der Waals surface area contributed by atoms with E-state index in [1.807, 2.05) is 20.8 Å². The summed E-state index contributed by atoms with van der Waals surface area (Å²) in [6.45, 7) is 90.5. The molecule has 7 aliphatic carbocycles. The molecule has 0 aromatic heterocycles. The molecule has 120 heavy (non-hydrogen) atoms. The lowest BCUT2D eigenvalue weighted by atomic mass is 9.47. The highest BCUT2D eigenvalue weighted by Crippen LogP contribution is 2.62. The van der Waals surface area contributed by atoms with Crippen LogP contribution in [0.1, 0.15) is 469 Å². The minimum absolute atomic E-state index is 0.00694. The molecule has 0 radical (unpaired) electrons. The number of aliphatic hydroxyl groups excluding tert-OH is 1. The van der Waals surface area contributed by atoms with Crippen LogP contribution in [0.4, 0.5) is 17.6 Å². The average Bonchev–Trinajstić information content (AvgIpc) is 0.803. The Labute approximate surface area is 751 Å². The lowest BCUT2D eigenvalue weighted by Gasteiger charge is -2.58. The Morgan fingerprint density at radius 2 is 0.767 bits per heavy atom. The first kappa shape index (κ1) is 126. The van der Waals surface area contributed by atoms with Crippen molar-refractivity contribution in [3.05, 3.63) is 0 Å². The number of hydrogen-bond acceptors (Lipinski definition) is 7. The van der Waals surface area contributed by atoms with Gasteiger partial charge in [0.25, 0.3) is 0 Å². The number of ether oxygens (including phenoxy) is 4. The SMILES string of the molecule is CC(C)CC(C)(C)C.CC(C)CC(C)(F)F.CC(C)CC(C)C.CC(C)CC(F)F.CC(C)CC1(C)COC1.CC(C)CC1(CO)COC1.CC(C)CC1(O)CCCCC1.CC(C)CC1(O)COC1.CC(C)CC1CC(C)C1.CC(C)CC1CCC1.CC(C)CC1CCCC1.CC1CC(C(C)C)C1.CC1CC2(C1)CC(C(C)C)C2.CCOC(C)C. The van der Waals surface area contributed by atoms with Gasteiger partial charge in [0, 0.05) is 30.3 Å². The standard InChI is InChI=1S/C11H20.C10H20O.2C9H18.C8H16O2.C8H16O.2C8H16.C8H18.C7H14O2.C7H16.C6H12F2.C5H10F2.C5H12O/c1-8(2)10-6-11(7-10)4-9(3)5-11;1-9(2)8-10(11)6-4-3-5-7-10;1-7(2)4-9-5-8(3)6-9;1-8(2)7-9-5-3-4-6-9;1-7(2)3-8(4-9)5-10-6-8;1-7(2)4-8(3)5-9-6-8;1-6(2)8-4-7(3)5-8;1-7(2)6-8-4-3-5-8;1-7(2)6-8(3,4)5;1-6(2)3-7(8)4-9-5-7;1-6(2)5-7(3)4;1-5(2)4-6(3,7)8;1-4(2)3-5(6)7;1-4-6-5(2)3/h8-10H,4-7H2,1-3H3;9,11H,3-8H2,1-2H3;7-9H,4-6H2,1-3H3;8-9H,3-7H2,1-2H3;7,9H,3-6H2,1-2H3;7H,4-6H2,1-3H3;6-8H,4-5H2,1-3H3;7-8H,3-6H2,1-2H3;7H,6H2,1-5H3;6,8H,3-5H2,1-2H3;6-7H,5H2,1-4H3;5H,4H2,1-3H3;4-5H,3H2,1-2H3;5H,4H2,1-3H3. The third kappa shape index (κ3) is 74.3. The van der Waals surface area contributed by atoms with Gasteiger partial charge in [0.15, 0.2) is 0 Å². The van der Waals surface area contributed by atoms with Gasteiger partial charge in [0.1, 0.15) is 5.60 Å². The number of halogens is 4. The van der Waals surface area contributed by atoms with Crippen LogP contribution in [0, 0.1) is 152 Å². The van der Waals surface area contributed by atoms with Gasteiger partial charge < -0.3 is 34.3 Å². The number of hydrogen-bond donors (Lipinski definition) is 3. The second kappa shape index (κ2) is 66.7. The van der Waals surface area contributed by atoms with E-state index >= 15 is 0 Å². The molecule has 10 aliphatic rings. The third-order valence-electron chi connectivity index (χ3n) is 24.6. The fraction of sp³-hybridized carbons (Fsp3) is 1.00. The first-order valence-corrected chi connectivity index (χ1v) is 51.0. The molecule has 0 aromatic carbocycles. The molecule has 3 saturated heterocycles. The molecule has 7 nitrogen and oxygen atoms in total. The van der Waals surface area contributed by atoms with Crippen LogP contribution < -0.4 is 0 Å². The van der Waals surface area contributed by atoms with Gasteiger partial charge in [-0.2, -0.15) is 0 Å². The van der Waals surface area contributed by atoms with Crippen molar-refractivity contribution in [2.24, 2.45) is 152 Å². The molecule has 0 aromatic rings. The van der Waals surface area contributed by atoms with Gasteiger partial charge in [0.05, 0.1) is 58.0 Å². The highest BCUT2D eigenvalue weighted by Gasteiger charge is 2.51. The lowest BCUT2D eigenvalue weighted by Crippen LogP contribution is -2.50. The van der Waals surface area contributed by atoms with Gasteiger partial charge in [0.2, 0.25) is 12.3 Å². The molecule has 0 bridgehead atoms. The van der Waals surface area contributed by atoms with Crippen molar-refractivity contribution < 1.29 is 51.8 Å². The molecule has 10 rings (SSSR count). The Hall–Kier alpha value is -0.560. The van der Waals surface area contributed by atoms with E-state index in [1.165, 1.54) is 141 Å². The van der Waals surface area contributed by atoms with Crippen molar-refractivity contribution in [3.63, 3.8) is 0 Å². The van der Waals surface area contributed by atoms with E-state index in [9.17, 15) is 27.8 Å². The summed E-state index contributed by atoms with van der Waals surface area (Å²) < 4.78 is 66.7. The molecule has 3 aliphatic heterocycles. The van der Waals surface area contributed by atoms with Gasteiger partial charge in [-0.05, 0) is 291 Å². The minimum Gasteiger partial charge on any atom is -0.396 e. The van der Waals surface area contributed by atoms with Crippen LogP contribution in [-0.4, -0.2) is 97.8 Å². The minimum atomic E-state index is -2.48. The molecule has 1 spiro atoms.